The van der Waals surface area contributed by atoms with Crippen molar-refractivity contribution in [2.75, 3.05) is 57.1 Å². The molecule has 7 nitrogen and oxygen atoms in total. The molecule has 1 aromatic heterocycles. The summed E-state index contributed by atoms with van der Waals surface area (Å²) in [6.07, 6.45) is -4.77. The van der Waals surface area contributed by atoms with E-state index in [0.717, 1.165) is 38.2 Å². The average Bonchev–Trinajstić information content (AvgIpc) is 2.81. The lowest BCUT2D eigenvalue weighted by atomic mass is 10.2. The molecule has 2 heterocycles. The molecule has 0 saturated carbocycles. The second kappa shape index (κ2) is 10.5. The molecule has 0 unspecified atom stereocenters. The first kappa shape index (κ1) is 24.2. The molecule has 0 bridgehead atoms. The summed E-state index contributed by atoms with van der Waals surface area (Å²) in [7, 11) is 1.60. The predicted molar refractivity (Wildman–Crippen MR) is 125 cm³/mol. The van der Waals surface area contributed by atoms with E-state index in [0.29, 0.717) is 40.1 Å². The molecule has 182 valence electrons. The molecule has 1 fully saturated rings. The number of hydrogen-bond acceptors (Lipinski definition) is 7. The van der Waals surface area contributed by atoms with Crippen LogP contribution >= 0.6 is 11.6 Å². The standard InChI is InChI=1S/C23H24ClF3N4O3/c1-28-19-14-15(34-23(25,26)27)2-5-18(19)29-21-7-3-16-20(6-4-17(24)22(16)30-21)33-13-10-31-8-11-32-12-9-31/h2-7,14,28H,8-13H2,1H3,(H,29,30). The Labute approximate surface area is 199 Å². The Morgan fingerprint density at radius 1 is 1.09 bits per heavy atom. The molecule has 11 heteroatoms. The van der Waals surface area contributed by atoms with Gasteiger partial charge in [0.15, 0.2) is 0 Å². The summed E-state index contributed by atoms with van der Waals surface area (Å²) in [5.74, 6) is 0.827. The van der Waals surface area contributed by atoms with Crippen molar-refractivity contribution >= 4 is 39.7 Å². The fraction of sp³-hybridized carbons (Fsp3) is 0.348. The molecular weight excluding hydrogens is 473 g/mol. The van der Waals surface area contributed by atoms with Crippen molar-refractivity contribution < 1.29 is 27.4 Å². The average molecular weight is 497 g/mol. The minimum atomic E-state index is -4.77. The van der Waals surface area contributed by atoms with Crippen molar-refractivity contribution in [2.45, 2.75) is 6.36 Å². The minimum Gasteiger partial charge on any atom is -0.492 e. The number of alkyl halides is 3. The lowest BCUT2D eigenvalue weighted by Gasteiger charge is -2.26. The third kappa shape index (κ3) is 6.13. The van der Waals surface area contributed by atoms with Gasteiger partial charge in [-0.2, -0.15) is 0 Å². The molecule has 2 aromatic carbocycles. The number of ether oxygens (including phenoxy) is 3. The van der Waals surface area contributed by atoms with Crippen molar-refractivity contribution in [2.24, 2.45) is 0 Å². The zero-order valence-corrected chi connectivity index (χ0v) is 19.2. The Morgan fingerprint density at radius 3 is 2.62 bits per heavy atom. The summed E-state index contributed by atoms with van der Waals surface area (Å²) in [4.78, 5) is 6.88. The first-order chi connectivity index (χ1) is 16.3. The van der Waals surface area contributed by atoms with Gasteiger partial charge in [0.1, 0.15) is 23.9 Å². The van der Waals surface area contributed by atoms with Gasteiger partial charge >= 0.3 is 6.36 Å². The molecule has 0 amide bonds. The molecule has 4 rings (SSSR count). The van der Waals surface area contributed by atoms with Gasteiger partial charge in [-0.1, -0.05) is 11.6 Å². The number of anilines is 3. The second-order valence-electron chi connectivity index (χ2n) is 7.57. The summed E-state index contributed by atoms with van der Waals surface area (Å²) < 4.78 is 52.9. The molecule has 0 atom stereocenters. The molecule has 3 aromatic rings. The van der Waals surface area contributed by atoms with Crippen molar-refractivity contribution in [3.8, 4) is 11.5 Å². The number of fused-ring (bicyclic) bond motifs is 1. The third-order valence-electron chi connectivity index (χ3n) is 5.29. The van der Waals surface area contributed by atoms with Crippen LogP contribution in [0.5, 0.6) is 11.5 Å². The monoisotopic (exact) mass is 496 g/mol. The van der Waals surface area contributed by atoms with E-state index in [1.165, 1.54) is 18.2 Å². The molecule has 1 aliphatic heterocycles. The van der Waals surface area contributed by atoms with Gasteiger partial charge in [-0.25, -0.2) is 4.98 Å². The highest BCUT2D eigenvalue weighted by atomic mass is 35.5. The smallest absolute Gasteiger partial charge is 0.492 e. The number of rotatable bonds is 8. The van der Waals surface area contributed by atoms with Crippen LogP contribution in [0.1, 0.15) is 0 Å². The van der Waals surface area contributed by atoms with Gasteiger partial charge in [0.2, 0.25) is 0 Å². The van der Waals surface area contributed by atoms with E-state index >= 15 is 0 Å². The maximum Gasteiger partial charge on any atom is 0.573 e. The van der Waals surface area contributed by atoms with Crippen LogP contribution < -0.4 is 20.1 Å². The van der Waals surface area contributed by atoms with E-state index in [-0.39, 0.29) is 5.75 Å². The zero-order chi connectivity index (χ0) is 24.1. The molecule has 1 saturated heterocycles. The van der Waals surface area contributed by atoms with Gasteiger partial charge < -0.3 is 24.8 Å². The van der Waals surface area contributed by atoms with Crippen LogP contribution in [0.2, 0.25) is 5.02 Å². The first-order valence-corrected chi connectivity index (χ1v) is 11.1. The number of halogens is 4. The molecule has 0 aliphatic carbocycles. The first-order valence-electron chi connectivity index (χ1n) is 10.7. The van der Waals surface area contributed by atoms with E-state index in [1.54, 1.807) is 19.2 Å². The van der Waals surface area contributed by atoms with E-state index in [2.05, 4.69) is 25.3 Å². The summed E-state index contributed by atoms with van der Waals surface area (Å²) in [5, 5.41) is 7.19. The van der Waals surface area contributed by atoms with Gasteiger partial charge in [-0.05, 0) is 36.4 Å². The van der Waals surface area contributed by atoms with Crippen molar-refractivity contribution in [3.05, 3.63) is 47.5 Å². The molecular formula is C23H24ClF3N4O3. The Balaban J connectivity index is 1.50. The van der Waals surface area contributed by atoms with E-state index in [1.807, 2.05) is 12.1 Å². The molecule has 2 N–H and O–H groups in total. The van der Waals surface area contributed by atoms with Crippen LogP contribution in [0.3, 0.4) is 0 Å². The number of benzene rings is 2. The Hall–Kier alpha value is -2.95. The topological polar surface area (TPSA) is 67.9 Å². The second-order valence-corrected chi connectivity index (χ2v) is 7.98. The van der Waals surface area contributed by atoms with Gasteiger partial charge in [0.05, 0.1) is 35.1 Å². The van der Waals surface area contributed by atoms with Crippen LogP contribution in [0.15, 0.2) is 42.5 Å². The number of nitrogens with zero attached hydrogens (tertiary/aromatic N) is 2. The quantitative estimate of drug-likeness (QED) is 0.439. The summed E-state index contributed by atoms with van der Waals surface area (Å²) in [5.41, 5.74) is 1.49. The highest BCUT2D eigenvalue weighted by molar-refractivity contribution is 6.35. The largest absolute Gasteiger partial charge is 0.573 e. The number of nitrogens with one attached hydrogen (secondary N) is 2. The van der Waals surface area contributed by atoms with Crippen molar-refractivity contribution in [3.63, 3.8) is 0 Å². The lowest BCUT2D eigenvalue weighted by molar-refractivity contribution is -0.274. The number of morpholine rings is 1. The SMILES string of the molecule is CNc1cc(OC(F)(F)F)ccc1Nc1ccc2c(OCCN3CCOCC3)ccc(Cl)c2n1. The fourth-order valence-corrected chi connectivity index (χ4v) is 3.84. The van der Waals surface area contributed by atoms with Crippen LogP contribution in [-0.2, 0) is 4.74 Å². The summed E-state index contributed by atoms with van der Waals surface area (Å²) in [6, 6.07) is 11.1. The highest BCUT2D eigenvalue weighted by Crippen LogP contribution is 2.34. The summed E-state index contributed by atoms with van der Waals surface area (Å²) in [6.45, 7) is 4.56. The highest BCUT2D eigenvalue weighted by Gasteiger charge is 2.31. The van der Waals surface area contributed by atoms with E-state index < -0.39 is 6.36 Å². The Morgan fingerprint density at radius 2 is 1.88 bits per heavy atom. The van der Waals surface area contributed by atoms with Crippen LogP contribution in [0.25, 0.3) is 10.9 Å². The molecule has 0 radical (unpaired) electrons. The summed E-state index contributed by atoms with van der Waals surface area (Å²) >= 11 is 6.40. The normalized spacial score (nSPS) is 14.7. The number of hydrogen-bond donors (Lipinski definition) is 2. The maximum atomic E-state index is 12.5. The van der Waals surface area contributed by atoms with E-state index in [4.69, 9.17) is 21.1 Å². The molecule has 0 spiro atoms. The van der Waals surface area contributed by atoms with Gasteiger partial charge in [0.25, 0.3) is 0 Å². The van der Waals surface area contributed by atoms with E-state index in [9.17, 15) is 13.2 Å². The van der Waals surface area contributed by atoms with Crippen LogP contribution in [0.4, 0.5) is 30.4 Å². The Bertz CT molecular complexity index is 1140. The number of aromatic nitrogens is 1. The third-order valence-corrected chi connectivity index (χ3v) is 5.60. The number of pyridine rings is 1. The minimum absolute atomic E-state index is 0.323. The van der Waals surface area contributed by atoms with Gasteiger partial charge in [-0.15, -0.1) is 13.2 Å². The molecule has 34 heavy (non-hydrogen) atoms. The predicted octanol–water partition coefficient (Wildman–Crippen LogP) is 5.28. The maximum absolute atomic E-state index is 12.5. The van der Waals surface area contributed by atoms with Gasteiger partial charge in [0, 0.05) is 38.1 Å². The fourth-order valence-electron chi connectivity index (χ4n) is 3.64. The Kier molecular flexibility index (Phi) is 7.50. The molecule has 1 aliphatic rings. The lowest BCUT2D eigenvalue weighted by Crippen LogP contribution is -2.38. The van der Waals surface area contributed by atoms with Crippen LogP contribution in [0, 0.1) is 0 Å². The van der Waals surface area contributed by atoms with Gasteiger partial charge in [-0.3, -0.25) is 4.90 Å². The van der Waals surface area contributed by atoms with Crippen LogP contribution in [-0.4, -0.2) is 62.7 Å². The van der Waals surface area contributed by atoms with Crippen molar-refractivity contribution in [1.82, 2.24) is 9.88 Å². The zero-order valence-electron chi connectivity index (χ0n) is 18.4. The van der Waals surface area contributed by atoms with Crippen molar-refractivity contribution in [1.29, 1.82) is 0 Å².